The van der Waals surface area contributed by atoms with Crippen molar-refractivity contribution in [2.75, 3.05) is 26.7 Å². The van der Waals surface area contributed by atoms with Gasteiger partial charge in [0.1, 0.15) is 11.9 Å². The molecule has 0 bridgehead atoms. The van der Waals surface area contributed by atoms with E-state index in [-0.39, 0.29) is 23.5 Å². The fourth-order valence-corrected chi connectivity index (χ4v) is 6.23. The number of alkyl halides is 3. The number of nitrogens with zero attached hydrogens (tertiary/aromatic N) is 1. The standard InChI is InChI=1S/C31H35F3N2O4/c1-4-14-36-15-13-30(23-8-6-10-26(17-23)39-3)19-25(18-28(27(30)20-36)40-21(2)37)35-29(38)12-11-22-7-5-9-24(16-22)31(32,33)34/h4-12,16-17,25,27-28H,1,13-15,18-20H2,2-3H3,(H,35,38)/b12-11+. The van der Waals surface area contributed by atoms with Crippen LogP contribution in [-0.2, 0) is 25.9 Å². The van der Waals surface area contributed by atoms with E-state index >= 15 is 0 Å². The highest BCUT2D eigenvalue weighted by molar-refractivity contribution is 5.92. The number of benzene rings is 2. The van der Waals surface area contributed by atoms with Crippen LogP contribution in [0.3, 0.4) is 0 Å². The second-order valence-corrected chi connectivity index (χ2v) is 10.5. The lowest BCUT2D eigenvalue weighted by molar-refractivity contribution is -0.157. The number of esters is 1. The van der Waals surface area contributed by atoms with Gasteiger partial charge in [0, 0.05) is 49.9 Å². The summed E-state index contributed by atoms with van der Waals surface area (Å²) in [6.07, 6.45) is 1.40. The maximum absolute atomic E-state index is 13.1. The number of piperidine rings is 1. The van der Waals surface area contributed by atoms with E-state index in [0.29, 0.717) is 19.4 Å². The second-order valence-electron chi connectivity index (χ2n) is 10.5. The van der Waals surface area contributed by atoms with Crippen LogP contribution in [0.25, 0.3) is 6.08 Å². The van der Waals surface area contributed by atoms with E-state index in [9.17, 15) is 22.8 Å². The number of halogens is 3. The number of likely N-dealkylation sites (tertiary alicyclic amines) is 1. The molecule has 1 heterocycles. The molecule has 1 saturated carbocycles. The molecule has 214 valence electrons. The van der Waals surface area contributed by atoms with E-state index in [1.807, 2.05) is 24.3 Å². The molecule has 2 aromatic carbocycles. The molecule has 1 amide bonds. The van der Waals surface area contributed by atoms with Crippen molar-refractivity contribution in [1.82, 2.24) is 10.2 Å². The van der Waals surface area contributed by atoms with Gasteiger partial charge in [-0.15, -0.1) is 6.58 Å². The molecule has 4 unspecified atom stereocenters. The van der Waals surface area contributed by atoms with Crippen LogP contribution in [0.15, 0.2) is 67.3 Å². The van der Waals surface area contributed by atoms with E-state index in [0.717, 1.165) is 43.0 Å². The lowest BCUT2D eigenvalue weighted by Gasteiger charge is -2.55. The molecular weight excluding hydrogens is 521 g/mol. The first-order chi connectivity index (χ1) is 19.0. The van der Waals surface area contributed by atoms with Gasteiger partial charge in [0.05, 0.1) is 12.7 Å². The lowest BCUT2D eigenvalue weighted by Crippen LogP contribution is -2.61. The first-order valence-corrected chi connectivity index (χ1v) is 13.3. The molecule has 0 radical (unpaired) electrons. The van der Waals surface area contributed by atoms with Gasteiger partial charge >= 0.3 is 12.1 Å². The molecule has 40 heavy (non-hydrogen) atoms. The molecule has 0 spiro atoms. The SMILES string of the molecule is C=CCN1CCC2(c3cccc(OC)c3)CC(NC(=O)/C=C/c3cccc(C(F)(F)F)c3)CC(OC(C)=O)C2C1. The molecule has 1 aliphatic carbocycles. The number of amides is 1. The Balaban J connectivity index is 1.62. The van der Waals surface area contributed by atoms with E-state index in [1.54, 1.807) is 7.11 Å². The summed E-state index contributed by atoms with van der Waals surface area (Å²) in [6, 6.07) is 12.4. The molecule has 4 atom stereocenters. The van der Waals surface area contributed by atoms with Crippen molar-refractivity contribution in [1.29, 1.82) is 0 Å². The molecule has 4 rings (SSSR count). The van der Waals surface area contributed by atoms with Gasteiger partial charge in [0.25, 0.3) is 0 Å². The van der Waals surface area contributed by atoms with Crippen LogP contribution in [0.5, 0.6) is 5.75 Å². The molecular formula is C31H35F3N2O4. The van der Waals surface area contributed by atoms with Gasteiger partial charge in [-0.05, 0) is 60.9 Å². The Hall–Kier alpha value is -3.59. The van der Waals surface area contributed by atoms with Gasteiger partial charge in [-0.2, -0.15) is 13.2 Å². The number of rotatable bonds is 8. The van der Waals surface area contributed by atoms with Gasteiger partial charge in [0.15, 0.2) is 0 Å². The Morgan fingerprint density at radius 2 is 1.98 bits per heavy atom. The van der Waals surface area contributed by atoms with Crippen molar-refractivity contribution < 1.29 is 32.2 Å². The van der Waals surface area contributed by atoms with Crippen LogP contribution in [0.4, 0.5) is 13.2 Å². The summed E-state index contributed by atoms with van der Waals surface area (Å²) in [4.78, 5) is 27.4. The smallest absolute Gasteiger partial charge is 0.416 e. The minimum absolute atomic E-state index is 0.0222. The second kappa shape index (κ2) is 12.3. The zero-order valence-electron chi connectivity index (χ0n) is 22.7. The van der Waals surface area contributed by atoms with Crippen molar-refractivity contribution in [3.63, 3.8) is 0 Å². The summed E-state index contributed by atoms with van der Waals surface area (Å²) in [5.74, 6) is -0.113. The summed E-state index contributed by atoms with van der Waals surface area (Å²) in [7, 11) is 1.61. The van der Waals surface area contributed by atoms with E-state index in [2.05, 4.69) is 22.9 Å². The van der Waals surface area contributed by atoms with Crippen molar-refractivity contribution in [3.8, 4) is 5.75 Å². The first-order valence-electron chi connectivity index (χ1n) is 13.3. The predicted octanol–water partition coefficient (Wildman–Crippen LogP) is 5.38. The summed E-state index contributed by atoms with van der Waals surface area (Å²) < 4.78 is 50.6. The molecule has 9 heteroatoms. The highest BCUT2D eigenvalue weighted by Gasteiger charge is 2.53. The minimum atomic E-state index is -4.47. The van der Waals surface area contributed by atoms with Gasteiger partial charge in [-0.25, -0.2) is 0 Å². The third-order valence-electron chi connectivity index (χ3n) is 7.95. The highest BCUT2D eigenvalue weighted by Crippen LogP contribution is 2.50. The van der Waals surface area contributed by atoms with Crippen LogP contribution < -0.4 is 10.1 Å². The first kappa shape index (κ1) is 29.4. The van der Waals surface area contributed by atoms with Crippen LogP contribution >= 0.6 is 0 Å². The Labute approximate surface area is 232 Å². The van der Waals surface area contributed by atoms with E-state index < -0.39 is 29.2 Å². The minimum Gasteiger partial charge on any atom is -0.497 e. The van der Waals surface area contributed by atoms with Crippen LogP contribution in [0, 0.1) is 5.92 Å². The van der Waals surface area contributed by atoms with Gasteiger partial charge < -0.3 is 14.8 Å². The van der Waals surface area contributed by atoms with Crippen molar-refractivity contribution >= 4 is 18.0 Å². The monoisotopic (exact) mass is 556 g/mol. The lowest BCUT2D eigenvalue weighted by atomic mass is 9.57. The Morgan fingerprint density at radius 3 is 2.67 bits per heavy atom. The fraction of sp³-hybridized carbons (Fsp3) is 0.419. The van der Waals surface area contributed by atoms with Crippen molar-refractivity contribution in [3.05, 3.63) is 84.0 Å². The predicted molar refractivity (Wildman–Crippen MR) is 147 cm³/mol. The van der Waals surface area contributed by atoms with Crippen LogP contribution in [0.1, 0.15) is 42.9 Å². The molecule has 2 aromatic rings. The van der Waals surface area contributed by atoms with Crippen LogP contribution in [-0.4, -0.2) is 55.7 Å². The zero-order valence-corrected chi connectivity index (χ0v) is 22.7. The van der Waals surface area contributed by atoms with E-state index in [4.69, 9.17) is 9.47 Å². The molecule has 1 N–H and O–H groups in total. The third-order valence-corrected chi connectivity index (χ3v) is 7.95. The average Bonchev–Trinajstić information content (AvgIpc) is 2.92. The molecule has 2 fully saturated rings. The van der Waals surface area contributed by atoms with E-state index in [1.165, 1.54) is 31.2 Å². The molecule has 1 aliphatic heterocycles. The number of nitrogens with one attached hydrogen (secondary N) is 1. The number of fused-ring (bicyclic) bond motifs is 1. The average molecular weight is 557 g/mol. The fourth-order valence-electron chi connectivity index (χ4n) is 6.23. The largest absolute Gasteiger partial charge is 0.497 e. The number of hydrogen-bond acceptors (Lipinski definition) is 5. The summed E-state index contributed by atoms with van der Waals surface area (Å²) >= 11 is 0. The quantitative estimate of drug-likeness (QED) is 0.269. The zero-order chi connectivity index (χ0) is 28.9. The maximum Gasteiger partial charge on any atom is 0.416 e. The Morgan fingerprint density at radius 1 is 1.20 bits per heavy atom. The third kappa shape index (κ3) is 6.75. The molecule has 1 saturated heterocycles. The normalized spacial score (nSPS) is 25.2. The number of ether oxygens (including phenoxy) is 2. The topological polar surface area (TPSA) is 67.9 Å². The van der Waals surface area contributed by atoms with Gasteiger partial charge in [-0.1, -0.05) is 30.3 Å². The highest BCUT2D eigenvalue weighted by atomic mass is 19.4. The Bertz CT molecular complexity index is 1260. The summed E-state index contributed by atoms with van der Waals surface area (Å²) in [6.45, 7) is 7.49. The summed E-state index contributed by atoms with van der Waals surface area (Å²) in [5.41, 5.74) is 0.160. The van der Waals surface area contributed by atoms with Crippen molar-refractivity contribution in [2.24, 2.45) is 5.92 Å². The van der Waals surface area contributed by atoms with Crippen molar-refractivity contribution in [2.45, 2.75) is 49.9 Å². The molecule has 0 aromatic heterocycles. The number of carbonyl (C=O) groups is 2. The summed E-state index contributed by atoms with van der Waals surface area (Å²) in [5, 5.41) is 3.03. The number of carbonyl (C=O) groups excluding carboxylic acids is 2. The maximum atomic E-state index is 13.1. The van der Waals surface area contributed by atoms with Crippen LogP contribution in [0.2, 0.25) is 0 Å². The molecule has 6 nitrogen and oxygen atoms in total. The Kier molecular flexibility index (Phi) is 9.03. The number of methoxy groups -OCH3 is 1. The molecule has 2 aliphatic rings. The number of hydrogen-bond donors (Lipinski definition) is 1. The van der Waals surface area contributed by atoms with Gasteiger partial charge in [-0.3, -0.25) is 14.5 Å². The van der Waals surface area contributed by atoms with Gasteiger partial charge in [0.2, 0.25) is 5.91 Å².